The standard InChI is InChI=1S/C15H18N2O6S/c1-5-10-6-11-12(20)16-15(17-13(11)24-10)21-7(2)14(22-8(3)18)23-9(4)19/h6-7,14H,5H2,1-4H3,(H,16,17,20). The van der Waals surface area contributed by atoms with Gasteiger partial charge in [-0.1, -0.05) is 6.92 Å². The minimum Gasteiger partial charge on any atom is -0.454 e. The van der Waals surface area contributed by atoms with Gasteiger partial charge in [-0.15, -0.1) is 11.3 Å². The normalized spacial score (nSPS) is 12.2. The van der Waals surface area contributed by atoms with Gasteiger partial charge in [-0.2, -0.15) is 4.98 Å². The molecule has 2 heterocycles. The average Bonchev–Trinajstić information content (AvgIpc) is 2.89. The van der Waals surface area contributed by atoms with Gasteiger partial charge in [-0.25, -0.2) is 0 Å². The number of nitrogens with one attached hydrogen (secondary N) is 1. The third-order valence-electron chi connectivity index (χ3n) is 3.03. The first-order valence-electron chi connectivity index (χ1n) is 7.34. The maximum absolute atomic E-state index is 12.1. The fourth-order valence-corrected chi connectivity index (χ4v) is 2.93. The van der Waals surface area contributed by atoms with Gasteiger partial charge >= 0.3 is 11.9 Å². The Labute approximate surface area is 141 Å². The highest BCUT2D eigenvalue weighted by Crippen LogP contribution is 2.23. The molecule has 0 fully saturated rings. The summed E-state index contributed by atoms with van der Waals surface area (Å²) in [6, 6.07) is 1.76. The molecular weight excluding hydrogens is 336 g/mol. The van der Waals surface area contributed by atoms with Gasteiger partial charge in [0.2, 0.25) is 0 Å². The predicted molar refractivity (Wildman–Crippen MR) is 87.0 cm³/mol. The maximum atomic E-state index is 12.1. The van der Waals surface area contributed by atoms with Crippen LogP contribution in [0, 0.1) is 0 Å². The first kappa shape index (κ1) is 17.9. The van der Waals surface area contributed by atoms with Crippen LogP contribution < -0.4 is 10.3 Å². The Morgan fingerprint density at radius 2 is 1.92 bits per heavy atom. The molecule has 0 spiro atoms. The second-order valence-corrected chi connectivity index (χ2v) is 6.18. The lowest BCUT2D eigenvalue weighted by Crippen LogP contribution is -2.37. The number of H-pyrrole nitrogens is 1. The summed E-state index contributed by atoms with van der Waals surface area (Å²) >= 11 is 1.40. The minimum absolute atomic E-state index is 0.0335. The van der Waals surface area contributed by atoms with E-state index in [4.69, 9.17) is 14.2 Å². The second-order valence-electron chi connectivity index (χ2n) is 5.07. The fourth-order valence-electron chi connectivity index (χ4n) is 1.97. The Hall–Kier alpha value is -2.42. The van der Waals surface area contributed by atoms with Crippen molar-refractivity contribution in [2.75, 3.05) is 0 Å². The Morgan fingerprint density at radius 3 is 2.46 bits per heavy atom. The number of rotatable bonds is 6. The quantitative estimate of drug-likeness (QED) is 0.622. The Balaban J connectivity index is 2.24. The second kappa shape index (κ2) is 7.43. The van der Waals surface area contributed by atoms with Crippen LogP contribution in [0.5, 0.6) is 6.01 Å². The van der Waals surface area contributed by atoms with E-state index < -0.39 is 24.3 Å². The van der Waals surface area contributed by atoms with Crippen LogP contribution in [-0.4, -0.2) is 34.3 Å². The Bertz CT molecular complexity index is 796. The van der Waals surface area contributed by atoms with Gasteiger partial charge in [0.15, 0.2) is 6.10 Å². The number of aryl methyl sites for hydroxylation is 1. The summed E-state index contributed by atoms with van der Waals surface area (Å²) in [6.45, 7) is 5.90. The number of hydrogen-bond acceptors (Lipinski definition) is 8. The summed E-state index contributed by atoms with van der Waals surface area (Å²) in [5, 5.41) is 0.494. The summed E-state index contributed by atoms with van der Waals surface area (Å²) in [5.74, 6) is -1.25. The van der Waals surface area contributed by atoms with E-state index in [1.165, 1.54) is 32.1 Å². The number of aromatic amines is 1. The van der Waals surface area contributed by atoms with Crippen molar-refractivity contribution in [2.24, 2.45) is 0 Å². The lowest BCUT2D eigenvalue weighted by atomic mass is 10.3. The van der Waals surface area contributed by atoms with E-state index in [2.05, 4.69) is 9.97 Å². The van der Waals surface area contributed by atoms with Crippen LogP contribution in [0.1, 0.15) is 32.6 Å². The Morgan fingerprint density at radius 1 is 1.29 bits per heavy atom. The number of esters is 2. The molecule has 2 aromatic heterocycles. The largest absolute Gasteiger partial charge is 0.454 e. The van der Waals surface area contributed by atoms with Crippen LogP contribution >= 0.6 is 11.3 Å². The first-order valence-corrected chi connectivity index (χ1v) is 8.15. The number of nitrogens with zero attached hydrogens (tertiary/aromatic N) is 1. The van der Waals surface area contributed by atoms with Gasteiger partial charge in [0.25, 0.3) is 17.9 Å². The molecule has 0 saturated carbocycles. The summed E-state index contributed by atoms with van der Waals surface area (Å²) < 4.78 is 15.3. The molecule has 0 aliphatic carbocycles. The predicted octanol–water partition coefficient (Wildman–Crippen LogP) is 1.77. The molecule has 0 radical (unpaired) electrons. The number of carbonyl (C=O) groups excluding carboxylic acids is 2. The van der Waals surface area contributed by atoms with Crippen LogP contribution in [0.2, 0.25) is 0 Å². The summed E-state index contributed by atoms with van der Waals surface area (Å²) in [4.78, 5) is 42.7. The molecule has 1 N–H and O–H groups in total. The lowest BCUT2D eigenvalue weighted by Gasteiger charge is -2.22. The van der Waals surface area contributed by atoms with Crippen molar-refractivity contribution >= 4 is 33.5 Å². The molecule has 2 rings (SSSR count). The van der Waals surface area contributed by atoms with Crippen molar-refractivity contribution in [3.05, 3.63) is 21.3 Å². The monoisotopic (exact) mass is 354 g/mol. The highest BCUT2D eigenvalue weighted by Gasteiger charge is 2.26. The zero-order chi connectivity index (χ0) is 17.9. The molecule has 130 valence electrons. The average molecular weight is 354 g/mol. The molecule has 0 aromatic carbocycles. The smallest absolute Gasteiger partial charge is 0.305 e. The molecule has 24 heavy (non-hydrogen) atoms. The van der Waals surface area contributed by atoms with Crippen molar-refractivity contribution in [3.63, 3.8) is 0 Å². The number of aromatic nitrogens is 2. The van der Waals surface area contributed by atoms with E-state index in [0.717, 1.165) is 11.3 Å². The zero-order valence-electron chi connectivity index (χ0n) is 13.7. The fraction of sp³-hybridized carbons (Fsp3) is 0.467. The van der Waals surface area contributed by atoms with Gasteiger partial charge in [-0.3, -0.25) is 19.4 Å². The van der Waals surface area contributed by atoms with Gasteiger partial charge in [0.05, 0.1) is 5.39 Å². The summed E-state index contributed by atoms with van der Waals surface area (Å²) in [7, 11) is 0. The van der Waals surface area contributed by atoms with E-state index in [9.17, 15) is 14.4 Å². The van der Waals surface area contributed by atoms with E-state index in [-0.39, 0.29) is 11.6 Å². The third-order valence-corrected chi connectivity index (χ3v) is 4.20. The maximum Gasteiger partial charge on any atom is 0.305 e. The molecule has 0 saturated heterocycles. The van der Waals surface area contributed by atoms with Crippen LogP contribution in [0.3, 0.4) is 0 Å². The molecular formula is C15H18N2O6S. The Kier molecular flexibility index (Phi) is 5.55. The number of ether oxygens (including phenoxy) is 3. The lowest BCUT2D eigenvalue weighted by molar-refractivity contribution is -0.199. The summed E-state index contributed by atoms with van der Waals surface area (Å²) in [6.07, 6.45) is -1.30. The van der Waals surface area contributed by atoms with Crippen molar-refractivity contribution in [1.82, 2.24) is 9.97 Å². The molecule has 0 bridgehead atoms. The highest BCUT2D eigenvalue weighted by atomic mass is 32.1. The molecule has 8 nitrogen and oxygen atoms in total. The molecule has 0 aliphatic rings. The van der Waals surface area contributed by atoms with Crippen LogP contribution in [0.15, 0.2) is 10.9 Å². The third kappa shape index (κ3) is 4.31. The van der Waals surface area contributed by atoms with E-state index in [0.29, 0.717) is 10.2 Å². The molecule has 2 aromatic rings. The molecule has 1 atom stereocenters. The molecule has 9 heteroatoms. The number of fused-ring (bicyclic) bond motifs is 1. The van der Waals surface area contributed by atoms with E-state index >= 15 is 0 Å². The summed E-state index contributed by atoms with van der Waals surface area (Å²) in [5.41, 5.74) is -0.324. The van der Waals surface area contributed by atoms with Crippen molar-refractivity contribution in [2.45, 2.75) is 46.5 Å². The van der Waals surface area contributed by atoms with E-state index in [1.807, 2.05) is 6.92 Å². The van der Waals surface area contributed by atoms with Crippen molar-refractivity contribution < 1.29 is 23.8 Å². The number of carbonyl (C=O) groups is 2. The molecule has 1 unspecified atom stereocenters. The van der Waals surface area contributed by atoms with E-state index in [1.54, 1.807) is 6.07 Å². The number of hydrogen-bond donors (Lipinski definition) is 1. The van der Waals surface area contributed by atoms with Gasteiger partial charge in [-0.05, 0) is 19.4 Å². The number of thiophene rings is 1. The van der Waals surface area contributed by atoms with Gasteiger partial charge < -0.3 is 14.2 Å². The molecule has 0 amide bonds. The first-order chi connectivity index (χ1) is 11.3. The van der Waals surface area contributed by atoms with Gasteiger partial charge in [0, 0.05) is 18.7 Å². The van der Waals surface area contributed by atoms with Crippen LogP contribution in [0.4, 0.5) is 0 Å². The van der Waals surface area contributed by atoms with Crippen molar-refractivity contribution in [3.8, 4) is 6.01 Å². The van der Waals surface area contributed by atoms with Crippen LogP contribution in [-0.2, 0) is 25.5 Å². The van der Waals surface area contributed by atoms with Gasteiger partial charge in [0.1, 0.15) is 4.83 Å². The molecule has 0 aliphatic heterocycles. The zero-order valence-corrected chi connectivity index (χ0v) is 14.6. The van der Waals surface area contributed by atoms with Crippen LogP contribution in [0.25, 0.3) is 10.2 Å². The van der Waals surface area contributed by atoms with Crippen molar-refractivity contribution in [1.29, 1.82) is 0 Å². The topological polar surface area (TPSA) is 108 Å². The SMILES string of the molecule is CCc1cc2c(=O)[nH]c(OC(C)C(OC(C)=O)OC(C)=O)nc2s1. The highest BCUT2D eigenvalue weighted by molar-refractivity contribution is 7.18. The minimum atomic E-state index is -1.24.